The minimum Gasteiger partial charge on any atom is -0.322 e. The average molecular weight is 104 g/mol. The Morgan fingerprint density at radius 3 is 2.43 bits per heavy atom. The van der Waals surface area contributed by atoms with Gasteiger partial charge in [0.2, 0.25) is 0 Å². The second kappa shape index (κ2) is 2.54. The van der Waals surface area contributed by atoms with Crippen molar-refractivity contribution in [2.45, 2.75) is 0 Å². The third-order valence-corrected chi connectivity index (χ3v) is 0.536. The Hall–Kier alpha value is -0.610. The number of hydrogen-bond donors (Lipinski definition) is 2. The molecular formula is C3H8N2O2. The Labute approximate surface area is 41.5 Å². The maximum Gasteiger partial charge on any atom is 0.259 e. The zero-order valence-electron chi connectivity index (χ0n) is 4.09. The predicted octanol–water partition coefficient (Wildman–Crippen LogP) is -1.21. The van der Waals surface area contributed by atoms with Gasteiger partial charge in [-0.25, -0.2) is 5.06 Å². The number of likely N-dealkylation sites (N-methyl/N-ethyl adjacent to an activating group) is 1. The van der Waals surface area contributed by atoms with Crippen LogP contribution >= 0.6 is 0 Å². The number of hydroxylamine groups is 2. The van der Waals surface area contributed by atoms with Crippen LogP contribution in [0.15, 0.2) is 0 Å². The Balaban J connectivity index is 3.35. The summed E-state index contributed by atoms with van der Waals surface area (Å²) in [6.45, 7) is -0.146. The third kappa shape index (κ3) is 2.13. The van der Waals surface area contributed by atoms with Gasteiger partial charge in [-0.05, 0) is 0 Å². The van der Waals surface area contributed by atoms with Gasteiger partial charge in [0.1, 0.15) is 0 Å². The van der Waals surface area contributed by atoms with Crippen molar-refractivity contribution in [3.05, 3.63) is 0 Å². The van der Waals surface area contributed by atoms with Crippen molar-refractivity contribution in [1.82, 2.24) is 5.06 Å². The van der Waals surface area contributed by atoms with Crippen molar-refractivity contribution in [2.75, 3.05) is 13.6 Å². The van der Waals surface area contributed by atoms with Crippen molar-refractivity contribution in [1.29, 1.82) is 0 Å². The molecule has 0 saturated heterocycles. The lowest BCUT2D eigenvalue weighted by molar-refractivity contribution is -0.157. The van der Waals surface area contributed by atoms with Crippen molar-refractivity contribution < 1.29 is 10.0 Å². The van der Waals surface area contributed by atoms with Crippen LogP contribution in [0.25, 0.3) is 0 Å². The van der Waals surface area contributed by atoms with Gasteiger partial charge in [-0.1, -0.05) is 0 Å². The maximum atomic E-state index is 10.1. The molecule has 0 aliphatic heterocycles. The van der Waals surface area contributed by atoms with Crippen LogP contribution in [0.2, 0.25) is 0 Å². The van der Waals surface area contributed by atoms with Crippen LogP contribution in [-0.4, -0.2) is 29.8 Å². The highest BCUT2D eigenvalue weighted by Crippen LogP contribution is 1.69. The molecule has 0 aromatic rings. The van der Waals surface area contributed by atoms with E-state index in [4.69, 9.17) is 10.9 Å². The fraction of sp³-hybridized carbons (Fsp3) is 0.667. The monoisotopic (exact) mass is 104 g/mol. The van der Waals surface area contributed by atoms with E-state index in [2.05, 4.69) is 0 Å². The molecule has 4 nitrogen and oxygen atoms in total. The molecule has 0 aromatic heterocycles. The first kappa shape index (κ1) is 6.39. The Morgan fingerprint density at radius 1 is 2.00 bits per heavy atom. The van der Waals surface area contributed by atoms with E-state index in [0.717, 1.165) is 0 Å². The zero-order valence-corrected chi connectivity index (χ0v) is 4.09. The highest BCUT2D eigenvalue weighted by atomic mass is 16.5. The number of amides is 1. The largest absolute Gasteiger partial charge is 0.322 e. The topological polar surface area (TPSA) is 66.6 Å². The molecule has 0 spiro atoms. The van der Waals surface area contributed by atoms with Crippen LogP contribution in [0.4, 0.5) is 0 Å². The smallest absolute Gasteiger partial charge is 0.259 e. The second-order valence-corrected chi connectivity index (χ2v) is 1.12. The van der Waals surface area contributed by atoms with Gasteiger partial charge in [0.05, 0.1) is 6.54 Å². The van der Waals surface area contributed by atoms with Gasteiger partial charge in [-0.2, -0.15) is 0 Å². The van der Waals surface area contributed by atoms with E-state index in [1.807, 2.05) is 0 Å². The second-order valence-electron chi connectivity index (χ2n) is 1.12. The SMILES string of the molecule is CN(O)C(=O)CN. The summed E-state index contributed by atoms with van der Waals surface area (Å²) < 4.78 is 0. The van der Waals surface area contributed by atoms with Gasteiger partial charge in [-0.3, -0.25) is 10.0 Å². The van der Waals surface area contributed by atoms with Gasteiger partial charge in [0, 0.05) is 7.05 Å². The number of nitrogens with zero attached hydrogens (tertiary/aromatic N) is 1. The first-order valence-corrected chi connectivity index (χ1v) is 1.84. The van der Waals surface area contributed by atoms with Crippen LogP contribution in [-0.2, 0) is 4.79 Å². The van der Waals surface area contributed by atoms with E-state index < -0.39 is 5.91 Å². The Bertz CT molecular complexity index is 71.3. The summed E-state index contributed by atoms with van der Waals surface area (Å²) in [5, 5.41) is 8.68. The summed E-state index contributed by atoms with van der Waals surface area (Å²) >= 11 is 0. The van der Waals surface area contributed by atoms with Crippen molar-refractivity contribution in [2.24, 2.45) is 5.73 Å². The van der Waals surface area contributed by atoms with E-state index in [1.165, 1.54) is 7.05 Å². The van der Waals surface area contributed by atoms with Gasteiger partial charge in [0.15, 0.2) is 0 Å². The van der Waals surface area contributed by atoms with E-state index >= 15 is 0 Å². The van der Waals surface area contributed by atoms with E-state index in [1.54, 1.807) is 0 Å². The maximum absolute atomic E-state index is 10.1. The number of carbonyl (C=O) groups is 1. The molecule has 0 saturated carbocycles. The first-order chi connectivity index (χ1) is 3.18. The minimum absolute atomic E-state index is 0.146. The highest BCUT2D eigenvalue weighted by molar-refractivity contribution is 5.76. The number of carbonyl (C=O) groups excluding carboxylic acids is 1. The molecule has 3 N–H and O–H groups in total. The van der Waals surface area contributed by atoms with E-state index in [-0.39, 0.29) is 6.54 Å². The van der Waals surface area contributed by atoms with Crippen LogP contribution in [0.5, 0.6) is 0 Å². The van der Waals surface area contributed by atoms with Crippen molar-refractivity contribution in [3.63, 3.8) is 0 Å². The number of nitrogens with two attached hydrogens (primary N) is 1. The molecule has 0 fully saturated rings. The highest BCUT2D eigenvalue weighted by Gasteiger charge is 1.98. The van der Waals surface area contributed by atoms with Gasteiger partial charge < -0.3 is 5.73 Å². The molecule has 1 amide bonds. The van der Waals surface area contributed by atoms with Gasteiger partial charge in [-0.15, -0.1) is 0 Å². The molecular weight excluding hydrogens is 96.0 g/mol. The van der Waals surface area contributed by atoms with Gasteiger partial charge in [0.25, 0.3) is 5.91 Å². The summed E-state index contributed by atoms with van der Waals surface area (Å²) in [6.07, 6.45) is 0. The molecule has 0 radical (unpaired) electrons. The number of rotatable bonds is 1. The van der Waals surface area contributed by atoms with Crippen LogP contribution < -0.4 is 5.73 Å². The normalized spacial score (nSPS) is 8.43. The Morgan fingerprint density at radius 2 is 2.43 bits per heavy atom. The molecule has 0 aliphatic rings. The quantitative estimate of drug-likeness (QED) is 0.324. The fourth-order valence-corrected chi connectivity index (χ4v) is 0.132. The summed E-state index contributed by atoms with van der Waals surface area (Å²) in [4.78, 5) is 10.1. The van der Waals surface area contributed by atoms with Gasteiger partial charge >= 0.3 is 0 Å². The summed E-state index contributed by atoms with van der Waals surface area (Å²) in [5.41, 5.74) is 4.82. The standard InChI is InChI=1S/C3H8N2O2/c1-5(7)3(6)2-4/h7H,2,4H2,1H3. The lowest BCUT2D eigenvalue weighted by atomic mass is 10.6. The molecule has 42 valence electrons. The third-order valence-electron chi connectivity index (χ3n) is 0.536. The van der Waals surface area contributed by atoms with E-state index in [9.17, 15) is 4.79 Å². The molecule has 0 bridgehead atoms. The molecule has 0 heterocycles. The summed E-state index contributed by atoms with van der Waals surface area (Å²) in [7, 11) is 1.23. The molecule has 7 heavy (non-hydrogen) atoms. The van der Waals surface area contributed by atoms with Crippen molar-refractivity contribution >= 4 is 5.91 Å². The molecule has 0 aliphatic carbocycles. The molecule has 0 rings (SSSR count). The lowest BCUT2D eigenvalue weighted by Gasteiger charge is -2.03. The summed E-state index contributed by atoms with van der Waals surface area (Å²) in [6, 6.07) is 0. The van der Waals surface area contributed by atoms with Crippen LogP contribution in [0.3, 0.4) is 0 Å². The minimum atomic E-state index is -0.486. The Kier molecular flexibility index (Phi) is 2.32. The predicted molar refractivity (Wildman–Crippen MR) is 23.6 cm³/mol. The zero-order chi connectivity index (χ0) is 5.86. The molecule has 0 aromatic carbocycles. The molecule has 4 heteroatoms. The number of hydrogen-bond acceptors (Lipinski definition) is 3. The van der Waals surface area contributed by atoms with E-state index in [0.29, 0.717) is 5.06 Å². The average Bonchev–Trinajstić information content (AvgIpc) is 1.65. The first-order valence-electron chi connectivity index (χ1n) is 1.84. The van der Waals surface area contributed by atoms with Crippen LogP contribution in [0.1, 0.15) is 0 Å². The molecule has 0 unspecified atom stereocenters. The van der Waals surface area contributed by atoms with Crippen LogP contribution in [0, 0.1) is 0 Å². The van der Waals surface area contributed by atoms with Crippen molar-refractivity contribution in [3.8, 4) is 0 Å². The summed E-state index contributed by atoms with van der Waals surface area (Å²) in [5.74, 6) is -0.486. The lowest BCUT2D eigenvalue weighted by Crippen LogP contribution is -2.29. The fourth-order valence-electron chi connectivity index (χ4n) is 0.132. The molecule has 0 atom stereocenters.